The molecule has 1 N–H and O–H groups in total. The van der Waals surface area contributed by atoms with Gasteiger partial charge in [-0.15, -0.1) is 0 Å². The van der Waals surface area contributed by atoms with Gasteiger partial charge in [-0.1, -0.05) is 0 Å². The van der Waals surface area contributed by atoms with Crippen LogP contribution in [0.1, 0.15) is 6.42 Å². The molecule has 0 amide bonds. The molecule has 9 heavy (non-hydrogen) atoms. The molecule has 1 aliphatic rings. The Morgan fingerprint density at radius 3 is 3.11 bits per heavy atom. The van der Waals surface area contributed by atoms with Gasteiger partial charge in [-0.05, 0) is 6.08 Å². The Morgan fingerprint density at radius 2 is 2.67 bits per heavy atom. The fourth-order valence-corrected chi connectivity index (χ4v) is 0.521. The molecular formula is C5H6O4. The summed E-state index contributed by atoms with van der Waals surface area (Å²) in [6.45, 7) is 0.350. The van der Waals surface area contributed by atoms with Crippen molar-refractivity contribution in [1.82, 2.24) is 0 Å². The van der Waals surface area contributed by atoms with E-state index >= 15 is 0 Å². The molecule has 0 aromatic heterocycles. The molecule has 0 bridgehead atoms. The van der Waals surface area contributed by atoms with E-state index in [2.05, 4.69) is 9.78 Å². The summed E-state index contributed by atoms with van der Waals surface area (Å²) in [5.74, 6) is -0.533. The Balaban J connectivity index is 2.35. The molecule has 1 rings (SSSR count). The third kappa shape index (κ3) is 1.73. The van der Waals surface area contributed by atoms with Gasteiger partial charge in [0.25, 0.3) is 0 Å². The number of carboxylic acids is 1. The van der Waals surface area contributed by atoms with Crippen molar-refractivity contribution in [2.75, 3.05) is 6.61 Å². The molecule has 0 unspecified atom stereocenters. The summed E-state index contributed by atoms with van der Waals surface area (Å²) < 4.78 is 0. The maximum Gasteiger partial charge on any atom is 0.311 e. The first-order valence-corrected chi connectivity index (χ1v) is 2.49. The van der Waals surface area contributed by atoms with E-state index in [4.69, 9.17) is 5.11 Å². The molecule has 0 aliphatic carbocycles. The first-order chi connectivity index (χ1) is 4.29. The molecule has 1 aliphatic heterocycles. The van der Waals surface area contributed by atoms with E-state index in [0.717, 1.165) is 0 Å². The van der Waals surface area contributed by atoms with Crippen LogP contribution in [0, 0.1) is 0 Å². The highest BCUT2D eigenvalue weighted by molar-refractivity contribution is 5.69. The van der Waals surface area contributed by atoms with Crippen molar-refractivity contribution in [3.8, 4) is 0 Å². The fraction of sp³-hybridized carbons (Fsp3) is 0.400. The zero-order chi connectivity index (χ0) is 6.69. The standard InChI is InChI=1S/C5H6O4/c6-5(7)3-4-1-2-8-9-4/h1H,2-3H2,(H,6,7). The van der Waals surface area contributed by atoms with E-state index in [1.807, 2.05) is 0 Å². The number of carboxylic acid groups (broad SMARTS) is 1. The van der Waals surface area contributed by atoms with E-state index in [0.29, 0.717) is 12.4 Å². The zero-order valence-electron chi connectivity index (χ0n) is 4.66. The summed E-state index contributed by atoms with van der Waals surface area (Å²) in [6, 6.07) is 0. The lowest BCUT2D eigenvalue weighted by atomic mass is 10.3. The summed E-state index contributed by atoms with van der Waals surface area (Å²) in [5.41, 5.74) is 0. The van der Waals surface area contributed by atoms with Crippen LogP contribution in [0.2, 0.25) is 0 Å². The SMILES string of the molecule is O=C(O)CC1=CCOO1. The Morgan fingerprint density at radius 1 is 1.89 bits per heavy atom. The van der Waals surface area contributed by atoms with Crippen LogP contribution in [0.15, 0.2) is 11.8 Å². The van der Waals surface area contributed by atoms with Gasteiger partial charge in [0, 0.05) is 0 Å². The Labute approximate surface area is 51.6 Å². The minimum atomic E-state index is -0.910. The number of carbonyl (C=O) groups is 1. The molecule has 1 heterocycles. The van der Waals surface area contributed by atoms with Crippen LogP contribution in [0.5, 0.6) is 0 Å². The first kappa shape index (κ1) is 6.10. The van der Waals surface area contributed by atoms with Crippen molar-refractivity contribution in [1.29, 1.82) is 0 Å². The lowest BCUT2D eigenvalue weighted by Gasteiger charge is -1.94. The average molecular weight is 130 g/mol. The molecular weight excluding hydrogens is 124 g/mol. The largest absolute Gasteiger partial charge is 0.481 e. The van der Waals surface area contributed by atoms with Crippen LogP contribution >= 0.6 is 0 Å². The normalized spacial score (nSPS) is 16.7. The van der Waals surface area contributed by atoms with Gasteiger partial charge in [-0.2, -0.15) is 4.89 Å². The zero-order valence-corrected chi connectivity index (χ0v) is 4.66. The molecule has 4 heteroatoms. The fourth-order valence-electron chi connectivity index (χ4n) is 0.521. The second-order valence-electron chi connectivity index (χ2n) is 1.61. The minimum absolute atomic E-state index is 0.0972. The molecule has 4 nitrogen and oxygen atoms in total. The van der Waals surface area contributed by atoms with Crippen LogP contribution in [0.4, 0.5) is 0 Å². The number of rotatable bonds is 2. The molecule has 0 saturated heterocycles. The van der Waals surface area contributed by atoms with Gasteiger partial charge in [0.15, 0.2) is 5.76 Å². The van der Waals surface area contributed by atoms with Crippen molar-refractivity contribution in [2.24, 2.45) is 0 Å². The highest BCUT2D eigenvalue weighted by Gasteiger charge is 2.10. The molecule has 0 aromatic carbocycles. The van der Waals surface area contributed by atoms with Crippen molar-refractivity contribution in [2.45, 2.75) is 6.42 Å². The van der Waals surface area contributed by atoms with Crippen molar-refractivity contribution >= 4 is 5.97 Å². The second-order valence-corrected chi connectivity index (χ2v) is 1.61. The van der Waals surface area contributed by atoms with Crippen molar-refractivity contribution in [3.63, 3.8) is 0 Å². The van der Waals surface area contributed by atoms with Crippen LogP contribution < -0.4 is 0 Å². The van der Waals surface area contributed by atoms with E-state index < -0.39 is 5.97 Å². The smallest absolute Gasteiger partial charge is 0.311 e. The van der Waals surface area contributed by atoms with Gasteiger partial charge in [0.1, 0.15) is 13.0 Å². The Kier molecular flexibility index (Phi) is 1.69. The van der Waals surface area contributed by atoms with Crippen LogP contribution in [-0.2, 0) is 14.6 Å². The summed E-state index contributed by atoms with van der Waals surface area (Å²) in [4.78, 5) is 18.8. The lowest BCUT2D eigenvalue weighted by molar-refractivity contribution is -0.235. The van der Waals surface area contributed by atoms with Crippen molar-refractivity contribution in [3.05, 3.63) is 11.8 Å². The van der Waals surface area contributed by atoms with E-state index in [9.17, 15) is 4.79 Å². The van der Waals surface area contributed by atoms with Gasteiger partial charge in [-0.3, -0.25) is 4.79 Å². The van der Waals surface area contributed by atoms with Gasteiger partial charge >= 0.3 is 5.97 Å². The third-order valence-electron chi connectivity index (χ3n) is 0.870. The molecule has 0 aromatic rings. The predicted octanol–water partition coefficient (Wildman–Crippen LogP) is 0.307. The van der Waals surface area contributed by atoms with Gasteiger partial charge < -0.3 is 9.99 Å². The lowest BCUT2D eigenvalue weighted by Crippen LogP contribution is -1.96. The summed E-state index contributed by atoms with van der Waals surface area (Å²) in [5, 5.41) is 8.20. The van der Waals surface area contributed by atoms with Gasteiger partial charge in [0.05, 0.1) is 0 Å². The molecule has 0 spiro atoms. The predicted molar refractivity (Wildman–Crippen MR) is 27.4 cm³/mol. The highest BCUT2D eigenvalue weighted by Crippen LogP contribution is 2.09. The quantitative estimate of drug-likeness (QED) is 0.546. The number of aliphatic carboxylic acids is 1. The maximum absolute atomic E-state index is 9.98. The topological polar surface area (TPSA) is 55.8 Å². The van der Waals surface area contributed by atoms with Gasteiger partial charge in [-0.25, -0.2) is 0 Å². The molecule has 0 saturated carbocycles. The maximum atomic E-state index is 9.98. The number of hydrogen-bond donors (Lipinski definition) is 1. The average Bonchev–Trinajstić information content (AvgIpc) is 2.15. The van der Waals surface area contributed by atoms with Crippen molar-refractivity contribution < 1.29 is 19.7 Å². The Hall–Kier alpha value is -1.03. The van der Waals surface area contributed by atoms with E-state index in [1.54, 1.807) is 6.08 Å². The monoisotopic (exact) mass is 130 g/mol. The molecule has 0 fully saturated rings. The van der Waals surface area contributed by atoms with E-state index in [-0.39, 0.29) is 6.42 Å². The highest BCUT2D eigenvalue weighted by atomic mass is 17.2. The van der Waals surface area contributed by atoms with Crippen LogP contribution in [0.25, 0.3) is 0 Å². The Bertz CT molecular complexity index is 149. The molecule has 0 radical (unpaired) electrons. The first-order valence-electron chi connectivity index (χ1n) is 2.49. The van der Waals surface area contributed by atoms with Crippen LogP contribution in [0.3, 0.4) is 0 Å². The van der Waals surface area contributed by atoms with Gasteiger partial charge in [0.2, 0.25) is 0 Å². The summed E-state index contributed by atoms with van der Waals surface area (Å²) in [6.07, 6.45) is 1.49. The minimum Gasteiger partial charge on any atom is -0.481 e. The molecule has 0 atom stereocenters. The summed E-state index contributed by atoms with van der Waals surface area (Å²) in [7, 11) is 0. The molecule has 50 valence electrons. The van der Waals surface area contributed by atoms with E-state index in [1.165, 1.54) is 0 Å². The van der Waals surface area contributed by atoms with Crippen LogP contribution in [-0.4, -0.2) is 17.7 Å². The number of hydrogen-bond acceptors (Lipinski definition) is 3. The third-order valence-corrected chi connectivity index (χ3v) is 0.870. The summed E-state index contributed by atoms with van der Waals surface area (Å²) >= 11 is 0. The second kappa shape index (κ2) is 2.50.